The first kappa shape index (κ1) is 18.3. The summed E-state index contributed by atoms with van der Waals surface area (Å²) >= 11 is 0. The molecule has 0 amide bonds. The van der Waals surface area contributed by atoms with Crippen LogP contribution in [0.1, 0.15) is 17.0 Å². The van der Waals surface area contributed by atoms with Crippen molar-refractivity contribution >= 4 is 9.84 Å². The van der Waals surface area contributed by atoms with Gasteiger partial charge in [0.25, 0.3) is 0 Å². The zero-order valence-corrected chi connectivity index (χ0v) is 16.8. The minimum absolute atomic E-state index is 0.0144. The Morgan fingerprint density at radius 1 is 1.10 bits per heavy atom. The van der Waals surface area contributed by atoms with Gasteiger partial charge in [-0.15, -0.1) is 0 Å². The highest BCUT2D eigenvalue weighted by Gasteiger charge is 2.50. The van der Waals surface area contributed by atoms with Gasteiger partial charge >= 0.3 is 0 Å². The lowest BCUT2D eigenvalue weighted by molar-refractivity contribution is 0.325. The minimum Gasteiger partial charge on any atom is -0.481 e. The number of aromatic nitrogens is 2. The molecule has 29 heavy (non-hydrogen) atoms. The highest BCUT2D eigenvalue weighted by Crippen LogP contribution is 2.46. The number of rotatable bonds is 4. The van der Waals surface area contributed by atoms with E-state index < -0.39 is 9.84 Å². The van der Waals surface area contributed by atoms with E-state index in [-0.39, 0.29) is 11.2 Å². The number of pyridine rings is 2. The van der Waals surface area contributed by atoms with E-state index in [0.717, 1.165) is 35.3 Å². The van der Waals surface area contributed by atoms with Gasteiger partial charge in [-0.1, -0.05) is 6.07 Å². The van der Waals surface area contributed by atoms with Crippen LogP contribution in [0, 0.1) is 0 Å². The molecule has 2 aromatic heterocycles. The van der Waals surface area contributed by atoms with Crippen molar-refractivity contribution < 1.29 is 13.2 Å². The van der Waals surface area contributed by atoms with E-state index in [2.05, 4.69) is 14.9 Å². The van der Waals surface area contributed by atoms with E-state index in [0.29, 0.717) is 17.3 Å². The number of methoxy groups -OCH3 is 1. The third-order valence-corrected chi connectivity index (χ3v) is 8.15. The average Bonchev–Trinajstić information content (AvgIpc) is 3.26. The maximum atomic E-state index is 13.2. The molecule has 5 rings (SSSR count). The zero-order chi connectivity index (χ0) is 20.0. The SMILES string of the molecule is COc1ncccc1-c1ccc2c(c1)[C@H]1CN(Cc3ccncc3)C[C@@H]1S2(=O)=O. The lowest BCUT2D eigenvalue weighted by atomic mass is 9.95. The van der Waals surface area contributed by atoms with Gasteiger partial charge in [0, 0.05) is 49.7 Å². The quantitative estimate of drug-likeness (QED) is 0.662. The highest BCUT2D eigenvalue weighted by atomic mass is 32.2. The van der Waals surface area contributed by atoms with Crippen molar-refractivity contribution in [1.29, 1.82) is 0 Å². The van der Waals surface area contributed by atoms with Crippen molar-refractivity contribution in [1.82, 2.24) is 14.9 Å². The normalized spacial score (nSPS) is 22.2. The second kappa shape index (κ2) is 6.93. The minimum atomic E-state index is -3.32. The van der Waals surface area contributed by atoms with Crippen LogP contribution in [0.4, 0.5) is 0 Å². The molecule has 7 heteroatoms. The smallest absolute Gasteiger partial charge is 0.221 e. The summed E-state index contributed by atoms with van der Waals surface area (Å²) in [6.45, 7) is 2.01. The molecule has 0 radical (unpaired) electrons. The molecule has 1 saturated heterocycles. The van der Waals surface area contributed by atoms with Crippen molar-refractivity contribution in [3.63, 3.8) is 0 Å². The summed E-state index contributed by atoms with van der Waals surface area (Å²) in [5, 5.41) is -0.384. The predicted octanol–water partition coefficient (Wildman–Crippen LogP) is 2.91. The number of nitrogens with zero attached hydrogens (tertiary/aromatic N) is 3. The molecule has 4 heterocycles. The van der Waals surface area contributed by atoms with Crippen LogP contribution in [0.25, 0.3) is 11.1 Å². The van der Waals surface area contributed by atoms with E-state index >= 15 is 0 Å². The lowest BCUT2D eigenvalue weighted by Crippen LogP contribution is -2.25. The summed E-state index contributed by atoms with van der Waals surface area (Å²) in [5.41, 5.74) is 3.85. The van der Waals surface area contributed by atoms with Crippen molar-refractivity contribution in [2.45, 2.75) is 22.6 Å². The van der Waals surface area contributed by atoms with Gasteiger partial charge in [0.15, 0.2) is 9.84 Å². The Bertz CT molecular complexity index is 1160. The lowest BCUT2D eigenvalue weighted by Gasteiger charge is -2.17. The number of hydrogen-bond acceptors (Lipinski definition) is 6. The first-order chi connectivity index (χ1) is 14.1. The van der Waals surface area contributed by atoms with Crippen LogP contribution in [0.2, 0.25) is 0 Å². The molecule has 0 aliphatic carbocycles. The van der Waals surface area contributed by atoms with E-state index in [9.17, 15) is 8.42 Å². The topological polar surface area (TPSA) is 72.4 Å². The molecular weight excluding hydrogens is 386 g/mol. The summed E-state index contributed by atoms with van der Waals surface area (Å²) < 4.78 is 31.7. The van der Waals surface area contributed by atoms with E-state index in [1.807, 2.05) is 36.4 Å². The molecular formula is C22H21N3O3S. The van der Waals surface area contributed by atoms with Crippen LogP contribution in [0.5, 0.6) is 5.88 Å². The third kappa shape index (κ3) is 3.01. The summed E-state index contributed by atoms with van der Waals surface area (Å²) in [6, 6.07) is 13.4. The molecule has 6 nitrogen and oxygen atoms in total. The molecule has 2 aliphatic heterocycles. The fourth-order valence-electron chi connectivity index (χ4n) is 4.54. The van der Waals surface area contributed by atoms with E-state index in [4.69, 9.17) is 4.74 Å². The fourth-order valence-corrected chi connectivity index (χ4v) is 6.74. The predicted molar refractivity (Wildman–Crippen MR) is 109 cm³/mol. The molecule has 2 atom stereocenters. The van der Waals surface area contributed by atoms with Crippen molar-refractivity contribution in [2.75, 3.05) is 20.2 Å². The third-order valence-electron chi connectivity index (χ3n) is 5.89. The van der Waals surface area contributed by atoms with Gasteiger partial charge in [-0.05, 0) is 53.1 Å². The first-order valence-electron chi connectivity index (χ1n) is 9.56. The van der Waals surface area contributed by atoms with Gasteiger partial charge < -0.3 is 4.74 Å². The Morgan fingerprint density at radius 3 is 2.72 bits per heavy atom. The molecule has 148 valence electrons. The van der Waals surface area contributed by atoms with Crippen LogP contribution in [-0.2, 0) is 16.4 Å². The van der Waals surface area contributed by atoms with Crippen molar-refractivity contribution in [2.24, 2.45) is 0 Å². The molecule has 0 unspecified atom stereocenters. The fraction of sp³-hybridized carbons (Fsp3) is 0.273. The molecule has 1 fully saturated rings. The van der Waals surface area contributed by atoms with Crippen molar-refractivity contribution in [3.8, 4) is 17.0 Å². The van der Waals surface area contributed by atoms with Crippen molar-refractivity contribution in [3.05, 3.63) is 72.2 Å². The van der Waals surface area contributed by atoms with Crippen LogP contribution in [0.15, 0.2) is 66.0 Å². The maximum absolute atomic E-state index is 13.2. The van der Waals surface area contributed by atoms with Gasteiger partial charge in [-0.25, -0.2) is 13.4 Å². The Balaban J connectivity index is 1.50. The first-order valence-corrected chi connectivity index (χ1v) is 11.1. The van der Waals surface area contributed by atoms with Gasteiger partial charge in [0.2, 0.25) is 5.88 Å². The molecule has 2 aliphatic rings. The summed E-state index contributed by atoms with van der Waals surface area (Å²) in [4.78, 5) is 11.0. The maximum Gasteiger partial charge on any atom is 0.221 e. The van der Waals surface area contributed by atoms with Crippen LogP contribution >= 0.6 is 0 Å². The molecule has 3 aromatic rings. The van der Waals surface area contributed by atoms with Gasteiger partial charge in [0.1, 0.15) is 0 Å². The summed E-state index contributed by atoms with van der Waals surface area (Å²) in [6.07, 6.45) is 5.22. The Hall–Kier alpha value is -2.77. The Morgan fingerprint density at radius 2 is 1.93 bits per heavy atom. The number of sulfone groups is 1. The van der Waals surface area contributed by atoms with Crippen LogP contribution in [-0.4, -0.2) is 48.7 Å². The number of hydrogen-bond donors (Lipinski definition) is 0. The molecule has 1 aromatic carbocycles. The second-order valence-electron chi connectivity index (χ2n) is 7.55. The Kier molecular flexibility index (Phi) is 4.37. The summed E-state index contributed by atoms with van der Waals surface area (Å²) in [5.74, 6) is 0.523. The second-order valence-corrected chi connectivity index (χ2v) is 9.69. The number of benzene rings is 1. The van der Waals surface area contributed by atoms with Crippen LogP contribution < -0.4 is 4.74 Å². The Labute approximate surface area is 170 Å². The molecule has 0 saturated carbocycles. The number of likely N-dealkylation sites (tertiary alicyclic amines) is 1. The monoisotopic (exact) mass is 407 g/mol. The van der Waals surface area contributed by atoms with E-state index in [1.54, 1.807) is 31.8 Å². The highest BCUT2D eigenvalue weighted by molar-refractivity contribution is 7.92. The van der Waals surface area contributed by atoms with E-state index in [1.165, 1.54) is 0 Å². The number of fused-ring (bicyclic) bond motifs is 3. The summed E-state index contributed by atoms with van der Waals surface area (Å²) in [7, 11) is -1.73. The zero-order valence-electron chi connectivity index (χ0n) is 16.0. The largest absolute Gasteiger partial charge is 0.481 e. The number of ether oxygens (including phenoxy) is 1. The van der Waals surface area contributed by atoms with Crippen LogP contribution in [0.3, 0.4) is 0 Å². The van der Waals surface area contributed by atoms with Gasteiger partial charge in [-0.2, -0.15) is 0 Å². The molecule has 0 spiro atoms. The van der Waals surface area contributed by atoms with Gasteiger partial charge in [-0.3, -0.25) is 9.88 Å². The standard InChI is InChI=1S/C22H21N3O3S/c1-28-22-17(3-2-8-24-22)16-4-5-20-18(11-16)19-13-25(14-21(19)29(20,26)27)12-15-6-9-23-10-7-15/h2-11,19,21H,12-14H2,1H3/t19-,21+/m1/s1. The average molecular weight is 407 g/mol. The molecule has 0 N–H and O–H groups in total. The molecule has 0 bridgehead atoms. The van der Waals surface area contributed by atoms with Gasteiger partial charge in [0.05, 0.1) is 17.3 Å².